The molecule has 2 aliphatic heterocycles. The minimum Gasteiger partial charge on any atom is -0.311 e. The van der Waals surface area contributed by atoms with Gasteiger partial charge in [-0.2, -0.15) is 0 Å². The van der Waals surface area contributed by atoms with Gasteiger partial charge in [0.1, 0.15) is 0 Å². The number of nitrogens with zero attached hydrogens (tertiary/aromatic N) is 2. The minimum atomic E-state index is -0.138. The maximum atomic E-state index is 2.76. The van der Waals surface area contributed by atoms with Crippen molar-refractivity contribution < 1.29 is 0 Å². The summed E-state index contributed by atoms with van der Waals surface area (Å²) >= 11 is 2.04. The van der Waals surface area contributed by atoms with E-state index in [1.807, 2.05) is 11.3 Å². The van der Waals surface area contributed by atoms with E-state index in [0.717, 1.165) is 6.42 Å². The number of fused-ring (bicyclic) bond motifs is 8. The second kappa shape index (κ2) is 16.2. The summed E-state index contributed by atoms with van der Waals surface area (Å²) in [6, 6.07) is 42.7. The van der Waals surface area contributed by atoms with E-state index in [9.17, 15) is 0 Å². The van der Waals surface area contributed by atoms with Crippen molar-refractivity contribution in [2.24, 2.45) is 0 Å². The van der Waals surface area contributed by atoms with Crippen LogP contribution in [0.4, 0.5) is 34.1 Å². The van der Waals surface area contributed by atoms with Gasteiger partial charge in [-0.1, -0.05) is 187 Å². The van der Waals surface area contributed by atoms with Crippen LogP contribution in [0.15, 0.2) is 103 Å². The molecule has 6 aromatic carbocycles. The highest BCUT2D eigenvalue weighted by Crippen LogP contribution is 2.55. The summed E-state index contributed by atoms with van der Waals surface area (Å²) in [5.74, 6) is 0. The number of hydrogen-bond acceptors (Lipinski definition) is 3. The van der Waals surface area contributed by atoms with E-state index < -0.39 is 0 Å². The normalized spacial score (nSPS) is 18.4. The molecule has 4 aliphatic rings. The molecule has 7 aromatic rings. The first-order chi connectivity index (χ1) is 34.2. The van der Waals surface area contributed by atoms with Gasteiger partial charge < -0.3 is 9.80 Å². The Bertz CT molecular complexity index is 3440. The largest absolute Gasteiger partial charge is 0.311 e. The molecule has 0 fully saturated rings. The zero-order valence-electron chi connectivity index (χ0n) is 49.0. The predicted octanol–water partition coefficient (Wildman–Crippen LogP) is 18.5. The molecule has 0 bridgehead atoms. The topological polar surface area (TPSA) is 6.48 Å². The third-order valence-corrected chi connectivity index (χ3v) is 19.8. The third-order valence-electron chi connectivity index (χ3n) is 18.6. The number of hydrogen-bond donors (Lipinski definition) is 0. The smallest absolute Gasteiger partial charge is 0.264 e. The molecule has 0 atom stereocenters. The van der Waals surface area contributed by atoms with Gasteiger partial charge in [0.25, 0.3) is 6.71 Å². The van der Waals surface area contributed by atoms with Gasteiger partial charge in [0.15, 0.2) is 0 Å². The van der Waals surface area contributed by atoms with Gasteiger partial charge in [-0.15, -0.1) is 11.3 Å². The summed E-state index contributed by atoms with van der Waals surface area (Å²) in [6.45, 7) is 48.3. The SMILES string of the molecule is CC(C)(C)c1ccc(-c2cc(C(C)(C)C)ccc2N2c3cc4c(cc3B3c5sc6ccc(C(C)(C)C)cc6c5N(c5ccc6c(c5)C(C)(C)CCC6(C)C)c5cc(C(C)(C)C)cc2c53)C(C)(C)CCC4(C)C)cc1. The molecule has 0 N–H and O–H groups in total. The van der Waals surface area contributed by atoms with E-state index in [0.29, 0.717) is 0 Å². The number of anilines is 6. The second-order valence-corrected chi connectivity index (χ2v) is 31.2. The monoisotopic (exact) mass is 997 g/mol. The molecule has 0 amide bonds. The van der Waals surface area contributed by atoms with Crippen molar-refractivity contribution in [2.45, 2.75) is 207 Å². The van der Waals surface area contributed by atoms with E-state index in [1.54, 1.807) is 0 Å². The molecule has 0 saturated heterocycles. The van der Waals surface area contributed by atoms with Crippen LogP contribution in [0.5, 0.6) is 0 Å². The van der Waals surface area contributed by atoms with Gasteiger partial charge in [0.05, 0.1) is 11.4 Å². The third kappa shape index (κ3) is 8.07. The summed E-state index contributed by atoms with van der Waals surface area (Å²) in [5.41, 5.74) is 24.7. The van der Waals surface area contributed by atoms with Crippen molar-refractivity contribution in [1.29, 1.82) is 0 Å². The molecular formula is C70H85BN2S. The van der Waals surface area contributed by atoms with E-state index in [-0.39, 0.29) is 50.0 Å². The molecule has 0 spiro atoms. The molecular weight excluding hydrogens is 912 g/mol. The molecule has 384 valence electrons. The highest BCUT2D eigenvalue weighted by Gasteiger charge is 2.49. The molecule has 11 rings (SSSR count). The van der Waals surface area contributed by atoms with E-state index in [4.69, 9.17) is 0 Å². The zero-order valence-corrected chi connectivity index (χ0v) is 49.8. The van der Waals surface area contributed by atoms with Crippen LogP contribution >= 0.6 is 11.3 Å². The van der Waals surface area contributed by atoms with Crippen LogP contribution in [0.2, 0.25) is 0 Å². The number of benzene rings is 6. The number of rotatable bonds is 3. The summed E-state index contributed by atoms with van der Waals surface area (Å²) in [4.78, 5) is 5.51. The van der Waals surface area contributed by atoms with E-state index in [2.05, 4.69) is 251 Å². The first kappa shape index (κ1) is 51.1. The summed E-state index contributed by atoms with van der Waals surface area (Å²) in [5, 5.41) is 1.37. The first-order valence-electron chi connectivity index (χ1n) is 28.1. The van der Waals surface area contributed by atoms with E-state index >= 15 is 0 Å². The Morgan fingerprint density at radius 1 is 0.419 bits per heavy atom. The fourth-order valence-electron chi connectivity index (χ4n) is 13.3. The first-order valence-corrected chi connectivity index (χ1v) is 28.9. The second-order valence-electron chi connectivity index (χ2n) is 30.1. The Labute approximate surface area is 451 Å². The van der Waals surface area contributed by atoms with Crippen LogP contribution in [0, 0.1) is 0 Å². The maximum absolute atomic E-state index is 2.76. The van der Waals surface area contributed by atoms with Crippen molar-refractivity contribution in [3.8, 4) is 11.1 Å². The average Bonchev–Trinajstić information content (AvgIpc) is 3.69. The Hall–Kier alpha value is -5.06. The molecule has 2 aliphatic carbocycles. The summed E-state index contributed by atoms with van der Waals surface area (Å²) in [7, 11) is 0. The molecule has 0 radical (unpaired) electrons. The van der Waals surface area contributed by atoms with Crippen molar-refractivity contribution in [3.63, 3.8) is 0 Å². The van der Waals surface area contributed by atoms with Gasteiger partial charge in [-0.25, -0.2) is 0 Å². The van der Waals surface area contributed by atoms with Gasteiger partial charge in [-0.3, -0.25) is 0 Å². The molecule has 0 unspecified atom stereocenters. The standard InChI is InChI=1S/C70H85BN2S/c1-63(2,3)43-23-21-42(22-24-43)48-35-44(64(4,5)6)25-29-55(48)73-56-41-53-52(69(17,18)33-34-70(53,19)20)40-54(56)71-60-57(37-46(38-58(60)73)66(10,11)12)72(47-27-28-50-51(39-47)68(15,16)32-31-67(50,13)14)61-49-36-45(65(7,8)9)26-30-59(49)74-62(61)71/h21-30,35-41H,31-34H2,1-20H3. The lowest BCUT2D eigenvalue weighted by Crippen LogP contribution is -2.61. The molecule has 4 heteroatoms. The highest BCUT2D eigenvalue weighted by molar-refractivity contribution is 7.33. The fourth-order valence-corrected chi connectivity index (χ4v) is 14.6. The highest BCUT2D eigenvalue weighted by atomic mass is 32.1. The quantitative estimate of drug-likeness (QED) is 0.163. The molecule has 2 nitrogen and oxygen atoms in total. The molecule has 1 aromatic heterocycles. The predicted molar refractivity (Wildman–Crippen MR) is 327 cm³/mol. The summed E-state index contributed by atoms with van der Waals surface area (Å²) in [6.07, 6.45) is 4.70. The van der Waals surface area contributed by atoms with Crippen LogP contribution in [0.3, 0.4) is 0 Å². The summed E-state index contributed by atoms with van der Waals surface area (Å²) < 4.78 is 2.82. The minimum absolute atomic E-state index is 0.00286. The lowest BCUT2D eigenvalue weighted by molar-refractivity contribution is 0.332. The average molecular weight is 997 g/mol. The van der Waals surface area contributed by atoms with Gasteiger partial charge >= 0.3 is 0 Å². The lowest BCUT2D eigenvalue weighted by atomic mass is 9.35. The lowest BCUT2D eigenvalue weighted by Gasteiger charge is -2.48. The van der Waals surface area contributed by atoms with Crippen LogP contribution < -0.4 is 25.5 Å². The molecule has 0 saturated carbocycles. The fraction of sp³-hybridized carbons (Fsp3) is 0.457. The van der Waals surface area contributed by atoms with Crippen molar-refractivity contribution in [3.05, 3.63) is 148 Å². The zero-order chi connectivity index (χ0) is 53.4. The maximum Gasteiger partial charge on any atom is 0.264 e. The van der Waals surface area contributed by atoms with Crippen LogP contribution in [0.25, 0.3) is 21.2 Å². The Morgan fingerprint density at radius 3 is 1.47 bits per heavy atom. The van der Waals surface area contributed by atoms with Crippen LogP contribution in [0.1, 0.15) is 209 Å². The van der Waals surface area contributed by atoms with Crippen LogP contribution in [-0.2, 0) is 43.3 Å². The van der Waals surface area contributed by atoms with Crippen LogP contribution in [-0.4, -0.2) is 6.71 Å². The van der Waals surface area contributed by atoms with E-state index in [1.165, 1.54) is 135 Å². The Morgan fingerprint density at radius 2 is 0.905 bits per heavy atom. The van der Waals surface area contributed by atoms with Crippen molar-refractivity contribution in [1.82, 2.24) is 0 Å². The Kier molecular flexibility index (Phi) is 11.2. The van der Waals surface area contributed by atoms with Crippen molar-refractivity contribution in [2.75, 3.05) is 9.80 Å². The van der Waals surface area contributed by atoms with Crippen molar-refractivity contribution >= 4 is 78.0 Å². The van der Waals surface area contributed by atoms with Gasteiger partial charge in [0.2, 0.25) is 0 Å². The number of thiophene rings is 1. The van der Waals surface area contributed by atoms with Gasteiger partial charge in [-0.05, 0) is 185 Å². The Balaban J connectivity index is 1.31. The molecule has 74 heavy (non-hydrogen) atoms. The van der Waals surface area contributed by atoms with Gasteiger partial charge in [0, 0.05) is 43.2 Å². The molecule has 3 heterocycles.